The summed E-state index contributed by atoms with van der Waals surface area (Å²) in [6.07, 6.45) is 1.56. The molecule has 1 N–H and O–H groups in total. The fraction of sp³-hybridized carbons (Fsp3) is 0.636. The predicted octanol–water partition coefficient (Wildman–Crippen LogP) is 1.59. The zero-order valence-corrected chi connectivity index (χ0v) is 10.1. The van der Waals surface area contributed by atoms with E-state index in [4.69, 9.17) is 9.15 Å². The van der Waals surface area contributed by atoms with Gasteiger partial charge in [0.25, 0.3) is 0 Å². The van der Waals surface area contributed by atoms with E-state index in [1.165, 1.54) is 0 Å². The number of carbonyl (C=O) groups excluding carboxylic acids is 1. The standard InChI is InChI=1S/C11H18N2O3/c1-7(2)15-10(14)6-12-9(4)11-13-5-8(3)16-11/h5,7,9,12H,6H2,1-4H3. The van der Waals surface area contributed by atoms with Gasteiger partial charge in [-0.1, -0.05) is 0 Å². The summed E-state index contributed by atoms with van der Waals surface area (Å²) < 4.78 is 10.3. The Morgan fingerprint density at radius 1 is 1.56 bits per heavy atom. The number of esters is 1. The molecule has 0 spiro atoms. The van der Waals surface area contributed by atoms with E-state index in [2.05, 4.69) is 10.3 Å². The highest BCUT2D eigenvalue weighted by Gasteiger charge is 2.13. The molecule has 0 bridgehead atoms. The van der Waals surface area contributed by atoms with Gasteiger partial charge in [-0.3, -0.25) is 10.1 Å². The highest BCUT2D eigenvalue weighted by Crippen LogP contribution is 2.11. The van der Waals surface area contributed by atoms with Crippen LogP contribution in [0.5, 0.6) is 0 Å². The Kier molecular flexibility index (Phi) is 4.49. The molecule has 1 rings (SSSR count). The molecule has 0 aliphatic carbocycles. The van der Waals surface area contributed by atoms with E-state index >= 15 is 0 Å². The Morgan fingerprint density at radius 3 is 2.75 bits per heavy atom. The summed E-state index contributed by atoms with van der Waals surface area (Å²) >= 11 is 0. The number of ether oxygens (including phenoxy) is 1. The molecule has 1 aromatic rings. The molecule has 0 aliphatic heterocycles. The molecule has 5 heteroatoms. The lowest BCUT2D eigenvalue weighted by Gasteiger charge is -2.11. The number of aromatic nitrogens is 1. The van der Waals surface area contributed by atoms with Crippen LogP contribution in [0.25, 0.3) is 0 Å². The first kappa shape index (κ1) is 12.7. The minimum atomic E-state index is -0.273. The number of rotatable bonds is 5. The minimum Gasteiger partial charge on any atom is -0.462 e. The third kappa shape index (κ3) is 4.02. The van der Waals surface area contributed by atoms with Crippen molar-refractivity contribution in [3.05, 3.63) is 17.8 Å². The average Bonchev–Trinajstić information content (AvgIpc) is 2.60. The second-order valence-electron chi connectivity index (χ2n) is 3.95. The number of carbonyl (C=O) groups is 1. The summed E-state index contributed by atoms with van der Waals surface area (Å²) in [6.45, 7) is 7.50. The van der Waals surface area contributed by atoms with Crippen molar-refractivity contribution >= 4 is 5.97 Å². The van der Waals surface area contributed by atoms with E-state index < -0.39 is 0 Å². The molecule has 1 heterocycles. The molecule has 0 saturated carbocycles. The van der Waals surface area contributed by atoms with Crippen LogP contribution >= 0.6 is 0 Å². The lowest BCUT2D eigenvalue weighted by Crippen LogP contribution is -2.28. The lowest BCUT2D eigenvalue weighted by molar-refractivity contribution is -0.146. The van der Waals surface area contributed by atoms with Crippen LogP contribution in [0, 0.1) is 6.92 Å². The van der Waals surface area contributed by atoms with Gasteiger partial charge in [0.2, 0.25) is 5.89 Å². The number of hydrogen-bond donors (Lipinski definition) is 1. The lowest BCUT2D eigenvalue weighted by atomic mass is 10.3. The van der Waals surface area contributed by atoms with Crippen LogP contribution in [0.2, 0.25) is 0 Å². The van der Waals surface area contributed by atoms with Gasteiger partial charge in [-0.05, 0) is 27.7 Å². The molecular weight excluding hydrogens is 208 g/mol. The molecule has 0 aromatic carbocycles. The summed E-state index contributed by atoms with van der Waals surface area (Å²) in [5.74, 6) is 1.06. The molecule has 16 heavy (non-hydrogen) atoms. The van der Waals surface area contributed by atoms with Crippen molar-refractivity contribution in [2.24, 2.45) is 0 Å². The van der Waals surface area contributed by atoms with Gasteiger partial charge < -0.3 is 9.15 Å². The Labute approximate surface area is 95.2 Å². The van der Waals surface area contributed by atoms with E-state index in [9.17, 15) is 4.79 Å². The SMILES string of the molecule is Cc1cnc(C(C)NCC(=O)OC(C)C)o1. The third-order valence-corrected chi connectivity index (χ3v) is 1.93. The molecule has 5 nitrogen and oxygen atoms in total. The quantitative estimate of drug-likeness (QED) is 0.772. The maximum Gasteiger partial charge on any atom is 0.320 e. The maximum atomic E-state index is 11.3. The molecular formula is C11H18N2O3. The summed E-state index contributed by atoms with van der Waals surface area (Å²) in [7, 11) is 0. The number of nitrogens with one attached hydrogen (secondary N) is 1. The molecule has 1 unspecified atom stereocenters. The van der Waals surface area contributed by atoms with Crippen molar-refractivity contribution in [3.8, 4) is 0 Å². The van der Waals surface area contributed by atoms with Crippen LogP contribution in [0.3, 0.4) is 0 Å². The molecule has 0 fully saturated rings. The fourth-order valence-electron chi connectivity index (χ4n) is 1.20. The summed E-state index contributed by atoms with van der Waals surface area (Å²) in [5, 5.41) is 2.99. The van der Waals surface area contributed by atoms with Crippen LogP contribution in [0.1, 0.15) is 38.5 Å². The van der Waals surface area contributed by atoms with Crippen LogP contribution in [0.15, 0.2) is 10.6 Å². The predicted molar refractivity (Wildman–Crippen MR) is 58.9 cm³/mol. The van der Waals surface area contributed by atoms with Gasteiger partial charge in [-0.25, -0.2) is 4.98 Å². The van der Waals surface area contributed by atoms with E-state index in [0.717, 1.165) is 5.76 Å². The largest absolute Gasteiger partial charge is 0.462 e. The summed E-state index contributed by atoms with van der Waals surface area (Å²) in [5.41, 5.74) is 0. The van der Waals surface area contributed by atoms with Gasteiger partial charge >= 0.3 is 5.97 Å². The molecule has 0 saturated heterocycles. The number of aryl methyl sites for hydroxylation is 1. The fourth-order valence-corrected chi connectivity index (χ4v) is 1.20. The topological polar surface area (TPSA) is 64.4 Å². The first-order valence-electron chi connectivity index (χ1n) is 5.34. The number of nitrogens with zero attached hydrogens (tertiary/aromatic N) is 1. The Morgan fingerprint density at radius 2 is 2.25 bits per heavy atom. The highest BCUT2D eigenvalue weighted by atomic mass is 16.5. The molecule has 1 atom stereocenters. The molecule has 0 radical (unpaired) electrons. The van der Waals surface area contributed by atoms with Gasteiger partial charge in [0, 0.05) is 0 Å². The van der Waals surface area contributed by atoms with Gasteiger partial charge in [0.15, 0.2) is 0 Å². The van der Waals surface area contributed by atoms with Crippen molar-refractivity contribution in [1.29, 1.82) is 0 Å². The smallest absolute Gasteiger partial charge is 0.320 e. The normalized spacial score (nSPS) is 12.8. The van der Waals surface area contributed by atoms with Crippen molar-refractivity contribution in [1.82, 2.24) is 10.3 Å². The minimum absolute atomic E-state index is 0.0893. The molecule has 1 aromatic heterocycles. The monoisotopic (exact) mass is 226 g/mol. The van der Waals surface area contributed by atoms with Crippen molar-refractivity contribution in [2.45, 2.75) is 39.8 Å². The van der Waals surface area contributed by atoms with E-state index in [0.29, 0.717) is 5.89 Å². The van der Waals surface area contributed by atoms with E-state index in [-0.39, 0.29) is 24.7 Å². The summed E-state index contributed by atoms with van der Waals surface area (Å²) in [4.78, 5) is 15.3. The van der Waals surface area contributed by atoms with E-state index in [1.54, 1.807) is 6.20 Å². The number of oxazole rings is 1. The van der Waals surface area contributed by atoms with Crippen LogP contribution in [-0.2, 0) is 9.53 Å². The van der Waals surface area contributed by atoms with E-state index in [1.807, 2.05) is 27.7 Å². The zero-order chi connectivity index (χ0) is 12.1. The maximum absolute atomic E-state index is 11.3. The van der Waals surface area contributed by atoms with Gasteiger partial charge in [-0.2, -0.15) is 0 Å². The number of hydrogen-bond acceptors (Lipinski definition) is 5. The van der Waals surface area contributed by atoms with Crippen molar-refractivity contribution in [2.75, 3.05) is 6.54 Å². The molecule has 0 aliphatic rings. The van der Waals surface area contributed by atoms with Crippen LogP contribution < -0.4 is 5.32 Å². The first-order chi connectivity index (χ1) is 7.49. The first-order valence-corrected chi connectivity index (χ1v) is 5.34. The van der Waals surface area contributed by atoms with Gasteiger partial charge in [0.05, 0.1) is 24.9 Å². The Hall–Kier alpha value is -1.36. The molecule has 0 amide bonds. The second-order valence-corrected chi connectivity index (χ2v) is 3.95. The second kappa shape index (κ2) is 5.65. The Bertz CT molecular complexity index is 347. The third-order valence-electron chi connectivity index (χ3n) is 1.93. The Balaban J connectivity index is 2.35. The highest BCUT2D eigenvalue weighted by molar-refractivity contribution is 5.71. The molecule has 90 valence electrons. The summed E-state index contributed by atoms with van der Waals surface area (Å²) in [6, 6.07) is -0.103. The van der Waals surface area contributed by atoms with Gasteiger partial charge in [0.1, 0.15) is 5.76 Å². The average molecular weight is 226 g/mol. The van der Waals surface area contributed by atoms with Gasteiger partial charge in [-0.15, -0.1) is 0 Å². The van der Waals surface area contributed by atoms with Crippen LogP contribution in [-0.4, -0.2) is 23.6 Å². The van der Waals surface area contributed by atoms with Crippen molar-refractivity contribution in [3.63, 3.8) is 0 Å². The zero-order valence-electron chi connectivity index (χ0n) is 10.1. The van der Waals surface area contributed by atoms with Crippen molar-refractivity contribution < 1.29 is 13.9 Å². The van der Waals surface area contributed by atoms with Crippen LogP contribution in [0.4, 0.5) is 0 Å².